The fraction of sp³-hybridized carbons (Fsp3) is 0.679. The molecule has 0 aromatic rings. The van der Waals surface area contributed by atoms with Crippen LogP contribution in [0.1, 0.15) is 55.4 Å². The van der Waals surface area contributed by atoms with Gasteiger partial charge in [0.2, 0.25) is 0 Å². The molecule has 13 heteroatoms. The van der Waals surface area contributed by atoms with E-state index in [1.807, 2.05) is 0 Å². The van der Waals surface area contributed by atoms with E-state index in [9.17, 15) is 34.2 Å². The van der Waals surface area contributed by atoms with E-state index in [0.717, 1.165) is 27.7 Å². The molecule has 0 bridgehead atoms. The Balaban J connectivity index is 2.09. The molecule has 41 heavy (non-hydrogen) atoms. The summed E-state index contributed by atoms with van der Waals surface area (Å²) in [7, 11) is 0. The predicted octanol–water partition coefficient (Wildman–Crippen LogP) is 0.430. The third-order valence-corrected chi connectivity index (χ3v) is 8.62. The van der Waals surface area contributed by atoms with Gasteiger partial charge in [-0.25, -0.2) is 4.79 Å². The van der Waals surface area contributed by atoms with Gasteiger partial charge in [0.05, 0.1) is 0 Å². The zero-order valence-electron chi connectivity index (χ0n) is 24.2. The maximum atomic E-state index is 13.1. The van der Waals surface area contributed by atoms with Crippen molar-refractivity contribution in [2.45, 2.75) is 109 Å². The number of carbonyl (C=O) groups is 5. The Bertz CT molecular complexity index is 1240. The molecule has 2 N–H and O–H groups in total. The molecule has 0 amide bonds. The van der Waals surface area contributed by atoms with Crippen molar-refractivity contribution in [2.75, 3.05) is 0 Å². The molecule has 0 saturated carbocycles. The molecule has 2 heterocycles. The fourth-order valence-corrected chi connectivity index (χ4v) is 6.88. The molecule has 2 aliphatic heterocycles. The minimum Gasteiger partial charge on any atom is -0.459 e. The normalized spacial score (nSPS) is 45.9. The number of esters is 5. The molecule has 226 valence electrons. The van der Waals surface area contributed by atoms with Gasteiger partial charge in [-0.05, 0) is 38.5 Å². The summed E-state index contributed by atoms with van der Waals surface area (Å²) in [6, 6.07) is 0. The van der Waals surface area contributed by atoms with Crippen LogP contribution >= 0.6 is 0 Å². The summed E-state index contributed by atoms with van der Waals surface area (Å²) in [4.78, 5) is 62.3. The largest absolute Gasteiger partial charge is 0.459 e. The Morgan fingerprint density at radius 2 is 1.41 bits per heavy atom. The van der Waals surface area contributed by atoms with Gasteiger partial charge in [-0.1, -0.05) is 13.0 Å². The first-order valence-electron chi connectivity index (χ1n) is 13.2. The molecule has 4 rings (SSSR count). The Kier molecular flexibility index (Phi) is 7.42. The van der Waals surface area contributed by atoms with Crippen LogP contribution in [0.5, 0.6) is 0 Å². The van der Waals surface area contributed by atoms with E-state index in [-0.39, 0.29) is 5.57 Å². The van der Waals surface area contributed by atoms with Crippen LogP contribution in [0.2, 0.25) is 0 Å². The average molecular weight is 581 g/mol. The van der Waals surface area contributed by atoms with Crippen molar-refractivity contribution in [3.63, 3.8) is 0 Å². The number of carbonyl (C=O) groups excluding carboxylic acids is 5. The minimum atomic E-state index is -2.08. The van der Waals surface area contributed by atoms with Crippen LogP contribution in [0.3, 0.4) is 0 Å². The topological polar surface area (TPSA) is 184 Å². The first-order chi connectivity index (χ1) is 18.8. The highest BCUT2D eigenvalue weighted by Gasteiger charge is 2.88. The van der Waals surface area contributed by atoms with E-state index < -0.39 is 94.6 Å². The molecule has 1 spiro atoms. The Morgan fingerprint density at radius 1 is 0.878 bits per heavy atom. The number of ether oxygens (including phenoxy) is 6. The number of epoxide rings is 1. The lowest BCUT2D eigenvalue weighted by molar-refractivity contribution is -0.230. The molecule has 2 saturated heterocycles. The summed E-state index contributed by atoms with van der Waals surface area (Å²) >= 11 is 0. The van der Waals surface area contributed by atoms with Crippen molar-refractivity contribution in [3.05, 3.63) is 23.8 Å². The molecule has 2 aliphatic carbocycles. The van der Waals surface area contributed by atoms with E-state index >= 15 is 0 Å². The van der Waals surface area contributed by atoms with Crippen LogP contribution in [0.15, 0.2) is 23.8 Å². The molecule has 0 aromatic carbocycles. The third kappa shape index (κ3) is 4.63. The van der Waals surface area contributed by atoms with Crippen molar-refractivity contribution >= 4 is 29.8 Å². The molecule has 11 atom stereocenters. The second kappa shape index (κ2) is 9.92. The number of hydrogen-bond donors (Lipinski definition) is 2. The molecular weight excluding hydrogens is 544 g/mol. The van der Waals surface area contributed by atoms with Gasteiger partial charge in [0.15, 0.2) is 23.4 Å². The summed E-state index contributed by atoms with van der Waals surface area (Å²) in [6.45, 7) is 10.4. The van der Waals surface area contributed by atoms with Gasteiger partial charge in [-0.3, -0.25) is 19.2 Å². The zero-order chi connectivity index (χ0) is 30.9. The van der Waals surface area contributed by atoms with Gasteiger partial charge in [-0.15, -0.1) is 0 Å². The van der Waals surface area contributed by atoms with Crippen LogP contribution < -0.4 is 0 Å². The summed E-state index contributed by atoms with van der Waals surface area (Å²) in [5.74, 6) is -5.23. The van der Waals surface area contributed by atoms with Gasteiger partial charge in [0, 0.05) is 39.0 Å². The second-order valence-electron chi connectivity index (χ2n) is 11.7. The van der Waals surface area contributed by atoms with Crippen LogP contribution in [0, 0.1) is 11.3 Å². The summed E-state index contributed by atoms with van der Waals surface area (Å²) in [5.41, 5.74) is -6.81. The number of aliphatic hydroxyl groups excluding tert-OH is 1. The van der Waals surface area contributed by atoms with Crippen LogP contribution in [0.4, 0.5) is 0 Å². The SMILES string of the molecule is CC(=O)O[C@H]1/C(C)=C\[C@@H]2OC(=O)[C@]3(C)O[C@]23[C@@H](OC(C)=O)[C@H]2[C@](C)(O)[C@H](OC(C)=O)C=C[C@]2(C)[C@@H](OC(C)=O)[C@H]1O. The lowest BCUT2D eigenvalue weighted by Gasteiger charge is -2.55. The summed E-state index contributed by atoms with van der Waals surface area (Å²) in [5, 5.41) is 23.9. The second-order valence-corrected chi connectivity index (χ2v) is 11.7. The Morgan fingerprint density at radius 3 is 1.93 bits per heavy atom. The monoisotopic (exact) mass is 580 g/mol. The molecule has 2 fully saturated rings. The van der Waals surface area contributed by atoms with Crippen LogP contribution in [0.25, 0.3) is 0 Å². The highest BCUT2D eigenvalue weighted by molar-refractivity contribution is 5.89. The first-order valence-corrected chi connectivity index (χ1v) is 13.2. The lowest BCUT2D eigenvalue weighted by atomic mass is 9.55. The van der Waals surface area contributed by atoms with E-state index in [0.29, 0.717) is 0 Å². The standard InChI is InChI=1S/C28H36O13/c1-12-11-18-28(27(8,41-28)24(34)40-18)23(39-16(5)32)21-25(6,10-9-17(26(21,7)35)36-13(2)29)22(38-15(4)31)19(33)20(12)37-14(3)30/h9-11,17-23,33,35H,1-8H3/b12-11-/t17-,18+,19+,20+,21-,22+,23+,25+,26-,27+,28+/m1/s1. The van der Waals surface area contributed by atoms with E-state index in [1.165, 1.54) is 45.9 Å². The highest BCUT2D eigenvalue weighted by atomic mass is 16.7. The quantitative estimate of drug-likeness (QED) is 0.202. The molecule has 4 aliphatic rings. The zero-order valence-corrected chi connectivity index (χ0v) is 24.2. The van der Waals surface area contributed by atoms with Gasteiger partial charge in [0.1, 0.15) is 30.0 Å². The van der Waals surface area contributed by atoms with Gasteiger partial charge >= 0.3 is 29.8 Å². The minimum absolute atomic E-state index is 0.231. The molecule has 13 nitrogen and oxygen atoms in total. The Hall–Kier alpha value is -3.29. The number of hydrogen-bond acceptors (Lipinski definition) is 13. The molecular formula is C28H36O13. The van der Waals surface area contributed by atoms with Gasteiger partial charge in [-0.2, -0.15) is 0 Å². The van der Waals surface area contributed by atoms with Crippen LogP contribution in [-0.4, -0.2) is 93.5 Å². The van der Waals surface area contributed by atoms with Crippen LogP contribution in [-0.2, 0) is 52.4 Å². The Labute approximate surface area is 236 Å². The van der Waals surface area contributed by atoms with Crippen molar-refractivity contribution < 1.29 is 62.6 Å². The van der Waals surface area contributed by atoms with Crippen molar-refractivity contribution in [2.24, 2.45) is 11.3 Å². The maximum absolute atomic E-state index is 13.1. The smallest absolute Gasteiger partial charge is 0.342 e. The number of fused-ring (bicyclic) bond motifs is 1. The van der Waals surface area contributed by atoms with Crippen molar-refractivity contribution in [3.8, 4) is 0 Å². The average Bonchev–Trinajstić information content (AvgIpc) is 3.42. The third-order valence-electron chi connectivity index (χ3n) is 8.62. The summed E-state index contributed by atoms with van der Waals surface area (Å²) in [6.07, 6.45) is -4.40. The first kappa shape index (κ1) is 30.7. The molecule has 0 radical (unpaired) electrons. The van der Waals surface area contributed by atoms with Crippen molar-refractivity contribution in [1.82, 2.24) is 0 Å². The number of rotatable bonds is 4. The van der Waals surface area contributed by atoms with E-state index in [4.69, 9.17) is 28.4 Å². The molecule has 0 aromatic heterocycles. The summed E-state index contributed by atoms with van der Waals surface area (Å²) < 4.78 is 34.2. The van der Waals surface area contributed by atoms with Crippen molar-refractivity contribution in [1.29, 1.82) is 0 Å². The maximum Gasteiger partial charge on any atom is 0.342 e. The fourth-order valence-electron chi connectivity index (χ4n) is 6.88. The van der Waals surface area contributed by atoms with Gasteiger partial charge in [0.25, 0.3) is 0 Å². The highest BCUT2D eigenvalue weighted by Crippen LogP contribution is 2.65. The van der Waals surface area contributed by atoms with Gasteiger partial charge < -0.3 is 38.6 Å². The predicted molar refractivity (Wildman–Crippen MR) is 135 cm³/mol. The van der Waals surface area contributed by atoms with E-state index in [1.54, 1.807) is 0 Å². The number of aliphatic hydroxyl groups is 2. The van der Waals surface area contributed by atoms with E-state index in [2.05, 4.69) is 0 Å². The molecule has 0 unspecified atom stereocenters. The lowest BCUT2D eigenvalue weighted by Crippen LogP contribution is -2.69.